The second-order valence-electron chi connectivity index (χ2n) is 15.7. The quantitative estimate of drug-likeness (QED) is 0.304. The molecule has 0 N–H and O–H groups in total. The number of hydrogen-bond acceptors (Lipinski definition) is 0. The minimum Gasteiger partial charge on any atom is -0.0986 e. The molecule has 0 aromatic heterocycles. The lowest BCUT2D eigenvalue weighted by Crippen LogP contribution is -2.37. The highest BCUT2D eigenvalue weighted by Gasteiger charge is 2.40. The lowest BCUT2D eigenvalue weighted by atomic mass is 9.58. The van der Waals surface area contributed by atoms with Crippen molar-refractivity contribution in [3.8, 4) is 11.1 Å². The van der Waals surface area contributed by atoms with Crippen molar-refractivity contribution in [1.29, 1.82) is 0 Å². The van der Waals surface area contributed by atoms with Crippen molar-refractivity contribution in [3.63, 3.8) is 0 Å². The van der Waals surface area contributed by atoms with Gasteiger partial charge in [0.15, 0.2) is 0 Å². The van der Waals surface area contributed by atoms with Crippen molar-refractivity contribution >= 4 is 6.08 Å². The Hall–Kier alpha value is -2.60. The predicted octanol–water partition coefficient (Wildman–Crippen LogP) is 11.3. The molecule has 41 heavy (non-hydrogen) atoms. The van der Waals surface area contributed by atoms with Crippen LogP contribution < -0.4 is 0 Å². The molecule has 0 saturated heterocycles. The molecular weight excluding hydrogens is 492 g/mol. The number of fused-ring (bicyclic) bond motifs is 1. The number of rotatable bonds is 7. The molecule has 2 saturated carbocycles. The molecule has 2 atom stereocenters. The van der Waals surface area contributed by atoms with E-state index in [1.165, 1.54) is 82.2 Å². The summed E-state index contributed by atoms with van der Waals surface area (Å²) in [4.78, 5) is 0. The first kappa shape index (κ1) is 28.5. The Morgan fingerprint density at radius 1 is 0.902 bits per heavy atom. The molecule has 0 bridgehead atoms. The summed E-state index contributed by atoms with van der Waals surface area (Å²) in [6.07, 6.45) is 17.4. The molecule has 2 aromatic carbocycles. The summed E-state index contributed by atoms with van der Waals surface area (Å²) in [5.74, 6) is 4.65. The molecule has 6 rings (SSSR count). The molecule has 0 amide bonds. The Labute approximate surface area is 250 Å². The summed E-state index contributed by atoms with van der Waals surface area (Å²) in [5.41, 5.74) is 14.8. The van der Waals surface area contributed by atoms with Crippen molar-refractivity contribution in [2.75, 3.05) is 0 Å². The van der Waals surface area contributed by atoms with Crippen LogP contribution in [0.15, 0.2) is 72.4 Å². The van der Waals surface area contributed by atoms with Crippen molar-refractivity contribution in [1.82, 2.24) is 0 Å². The summed E-state index contributed by atoms with van der Waals surface area (Å²) in [6.45, 7) is 23.1. The van der Waals surface area contributed by atoms with Gasteiger partial charge in [-0.1, -0.05) is 106 Å². The van der Waals surface area contributed by atoms with Crippen LogP contribution in [-0.4, -0.2) is 0 Å². The largest absolute Gasteiger partial charge is 0.0986 e. The van der Waals surface area contributed by atoms with Crippen molar-refractivity contribution in [3.05, 3.63) is 100 Å². The molecule has 0 nitrogen and oxygen atoms in total. The highest BCUT2D eigenvalue weighted by molar-refractivity contribution is 5.80. The highest BCUT2D eigenvalue weighted by atomic mass is 14.5. The molecule has 0 spiro atoms. The van der Waals surface area contributed by atoms with Crippen LogP contribution in [0.2, 0.25) is 0 Å². The van der Waals surface area contributed by atoms with Crippen LogP contribution in [0.4, 0.5) is 0 Å². The zero-order valence-electron chi connectivity index (χ0n) is 26.7. The molecule has 0 heterocycles. The number of hydrogen-bond donors (Lipinski definition) is 0. The minimum atomic E-state index is 0.290. The van der Waals surface area contributed by atoms with E-state index in [1.54, 1.807) is 5.56 Å². The second kappa shape index (κ2) is 10.9. The second-order valence-corrected chi connectivity index (χ2v) is 15.7. The maximum atomic E-state index is 4.63. The Morgan fingerprint density at radius 2 is 1.63 bits per heavy atom. The topological polar surface area (TPSA) is 0 Å². The summed E-state index contributed by atoms with van der Waals surface area (Å²) in [5, 5.41) is 0. The monoisotopic (exact) mass is 544 g/mol. The van der Waals surface area contributed by atoms with Gasteiger partial charge in [0.05, 0.1) is 0 Å². The van der Waals surface area contributed by atoms with Gasteiger partial charge in [-0.15, -0.1) is 0 Å². The van der Waals surface area contributed by atoms with E-state index < -0.39 is 0 Å². The number of allylic oxidation sites excluding steroid dienone is 5. The predicted molar refractivity (Wildman–Crippen MR) is 178 cm³/mol. The Morgan fingerprint density at radius 3 is 2.34 bits per heavy atom. The lowest BCUT2D eigenvalue weighted by molar-refractivity contribution is 0.0426. The van der Waals surface area contributed by atoms with E-state index in [-0.39, 0.29) is 0 Å². The van der Waals surface area contributed by atoms with Crippen LogP contribution in [0, 0.1) is 54.8 Å². The molecule has 4 aliphatic carbocycles. The van der Waals surface area contributed by atoms with E-state index in [4.69, 9.17) is 0 Å². The SMILES string of the molecule is C=C1C=CC(CC(C)(C)C)C(=C)C1CC1=Cc2cccc(-c3cc(C)cc(C)c3CC3CC(C4CC(C)C4)C3)c2C1. The van der Waals surface area contributed by atoms with Gasteiger partial charge >= 0.3 is 0 Å². The Kier molecular flexibility index (Phi) is 7.59. The third kappa shape index (κ3) is 5.86. The third-order valence-electron chi connectivity index (χ3n) is 10.9. The Balaban J connectivity index is 1.20. The van der Waals surface area contributed by atoms with Gasteiger partial charge in [0.2, 0.25) is 0 Å². The van der Waals surface area contributed by atoms with Crippen LogP contribution in [0.3, 0.4) is 0 Å². The van der Waals surface area contributed by atoms with Gasteiger partial charge in [-0.25, -0.2) is 0 Å². The smallest absolute Gasteiger partial charge is 0.00827 e. The van der Waals surface area contributed by atoms with Gasteiger partial charge in [-0.05, 0) is 139 Å². The van der Waals surface area contributed by atoms with E-state index >= 15 is 0 Å². The summed E-state index contributed by atoms with van der Waals surface area (Å²) >= 11 is 0. The molecule has 216 valence electrons. The van der Waals surface area contributed by atoms with Gasteiger partial charge in [-0.3, -0.25) is 0 Å². The molecule has 0 radical (unpaired) electrons. The average molecular weight is 545 g/mol. The van der Waals surface area contributed by atoms with E-state index in [9.17, 15) is 0 Å². The van der Waals surface area contributed by atoms with Crippen molar-refractivity contribution in [2.24, 2.45) is 40.9 Å². The van der Waals surface area contributed by atoms with Crippen LogP contribution in [0.5, 0.6) is 0 Å². The summed E-state index contributed by atoms with van der Waals surface area (Å²) in [7, 11) is 0. The van der Waals surface area contributed by atoms with Crippen LogP contribution >= 0.6 is 0 Å². The fourth-order valence-corrected chi connectivity index (χ4v) is 8.66. The normalized spacial score (nSPS) is 29.2. The third-order valence-corrected chi connectivity index (χ3v) is 10.9. The lowest BCUT2D eigenvalue weighted by Gasteiger charge is -2.47. The first-order valence-electron chi connectivity index (χ1n) is 16.4. The van der Waals surface area contributed by atoms with Crippen molar-refractivity contribution < 1.29 is 0 Å². The van der Waals surface area contributed by atoms with Crippen molar-refractivity contribution in [2.45, 2.75) is 92.9 Å². The standard InChI is InChI=1S/C41H52/c1-25-14-28(4)38(22-30-19-35(20-30)34-15-26(2)16-34)40(17-25)36-11-9-10-32-18-31(23-39(32)36)21-37-27(3)12-13-33(29(37)5)24-41(6,7)8/h9-14,17-18,26,30,33-35,37H,3,5,15-16,19-24H2,1-2,4,6-8H3. The summed E-state index contributed by atoms with van der Waals surface area (Å²) < 4.78 is 0. The first-order valence-corrected chi connectivity index (χ1v) is 16.4. The van der Waals surface area contributed by atoms with Gasteiger partial charge in [-0.2, -0.15) is 0 Å². The van der Waals surface area contributed by atoms with Gasteiger partial charge in [0.1, 0.15) is 0 Å². The fourth-order valence-electron chi connectivity index (χ4n) is 8.66. The molecule has 2 unspecified atom stereocenters. The number of aryl methyl sites for hydroxylation is 2. The van der Waals surface area contributed by atoms with Crippen LogP contribution in [-0.2, 0) is 12.8 Å². The van der Waals surface area contributed by atoms with Gasteiger partial charge in [0.25, 0.3) is 0 Å². The molecule has 0 aliphatic heterocycles. The zero-order valence-corrected chi connectivity index (χ0v) is 26.7. The Bertz CT molecular complexity index is 1410. The molecule has 0 heteroatoms. The van der Waals surface area contributed by atoms with E-state index in [2.05, 4.69) is 103 Å². The van der Waals surface area contributed by atoms with Gasteiger partial charge < -0.3 is 0 Å². The van der Waals surface area contributed by atoms with E-state index in [0.717, 1.165) is 42.9 Å². The molecular formula is C41H52. The first-order chi connectivity index (χ1) is 19.4. The minimum absolute atomic E-state index is 0.290. The highest BCUT2D eigenvalue weighted by Crippen LogP contribution is 2.51. The maximum Gasteiger partial charge on any atom is 0.00827 e. The van der Waals surface area contributed by atoms with Gasteiger partial charge in [0, 0.05) is 5.92 Å². The van der Waals surface area contributed by atoms with Crippen LogP contribution in [0.1, 0.15) is 94.0 Å². The average Bonchev–Trinajstić information content (AvgIpc) is 3.27. The molecule has 4 aliphatic rings. The zero-order chi connectivity index (χ0) is 29.1. The van der Waals surface area contributed by atoms with E-state index in [1.807, 2.05) is 0 Å². The molecule has 2 fully saturated rings. The molecule has 2 aromatic rings. The summed E-state index contributed by atoms with van der Waals surface area (Å²) in [6, 6.07) is 11.9. The van der Waals surface area contributed by atoms with Crippen LogP contribution in [0.25, 0.3) is 17.2 Å². The maximum absolute atomic E-state index is 4.63. The van der Waals surface area contributed by atoms with E-state index in [0.29, 0.717) is 17.3 Å². The fraction of sp³-hybridized carbons (Fsp3) is 0.512. The number of benzene rings is 2.